The number of anilines is 1. The summed E-state index contributed by atoms with van der Waals surface area (Å²) in [7, 11) is 0. The van der Waals surface area contributed by atoms with Crippen molar-refractivity contribution in [3.8, 4) is 5.75 Å². The molecular formula is C14H14INO. The van der Waals surface area contributed by atoms with Gasteiger partial charge in [-0.3, -0.25) is 0 Å². The molecule has 3 heteroatoms. The lowest BCUT2D eigenvalue weighted by atomic mass is 10.1. The Kier molecular flexibility index (Phi) is 3.89. The van der Waals surface area contributed by atoms with E-state index in [0.29, 0.717) is 12.3 Å². The second-order valence-electron chi connectivity index (χ2n) is 3.97. The first-order valence-electron chi connectivity index (χ1n) is 5.44. The summed E-state index contributed by atoms with van der Waals surface area (Å²) < 4.78 is 1.18. The van der Waals surface area contributed by atoms with Crippen LogP contribution in [0.4, 0.5) is 5.69 Å². The fourth-order valence-electron chi connectivity index (χ4n) is 1.65. The normalized spacial score (nSPS) is 10.2. The molecule has 0 atom stereocenters. The van der Waals surface area contributed by atoms with Crippen LogP contribution >= 0.6 is 22.6 Å². The first kappa shape index (κ1) is 12.2. The Morgan fingerprint density at radius 3 is 2.71 bits per heavy atom. The highest BCUT2D eigenvalue weighted by Gasteiger charge is 2.02. The Morgan fingerprint density at radius 2 is 1.94 bits per heavy atom. The van der Waals surface area contributed by atoms with Crippen molar-refractivity contribution in [1.29, 1.82) is 0 Å². The molecule has 0 heterocycles. The monoisotopic (exact) mass is 339 g/mol. The Morgan fingerprint density at radius 1 is 1.18 bits per heavy atom. The van der Waals surface area contributed by atoms with E-state index in [2.05, 4.69) is 34.0 Å². The minimum Gasteiger partial charge on any atom is -0.508 e. The number of rotatable bonds is 3. The first-order chi connectivity index (χ1) is 8.16. The van der Waals surface area contributed by atoms with Gasteiger partial charge in [0, 0.05) is 21.4 Å². The van der Waals surface area contributed by atoms with E-state index in [1.807, 2.05) is 37.3 Å². The van der Waals surface area contributed by atoms with Crippen LogP contribution in [0, 0.1) is 10.5 Å². The number of hydrogen-bond donors (Lipinski definition) is 2. The van der Waals surface area contributed by atoms with Gasteiger partial charge >= 0.3 is 0 Å². The van der Waals surface area contributed by atoms with Gasteiger partial charge in [0.05, 0.1) is 0 Å². The van der Waals surface area contributed by atoms with Crippen LogP contribution in [-0.4, -0.2) is 5.11 Å². The van der Waals surface area contributed by atoms with Crippen molar-refractivity contribution in [1.82, 2.24) is 0 Å². The third-order valence-electron chi connectivity index (χ3n) is 2.58. The van der Waals surface area contributed by atoms with E-state index in [4.69, 9.17) is 0 Å². The van der Waals surface area contributed by atoms with Gasteiger partial charge in [0.2, 0.25) is 0 Å². The molecular weight excluding hydrogens is 325 g/mol. The molecule has 2 N–H and O–H groups in total. The molecule has 0 aliphatic rings. The van der Waals surface area contributed by atoms with Gasteiger partial charge in [-0.05, 0) is 47.7 Å². The van der Waals surface area contributed by atoms with E-state index in [9.17, 15) is 5.11 Å². The highest BCUT2D eigenvalue weighted by atomic mass is 127. The van der Waals surface area contributed by atoms with Crippen LogP contribution in [0.15, 0.2) is 42.5 Å². The predicted molar refractivity (Wildman–Crippen MR) is 79.3 cm³/mol. The van der Waals surface area contributed by atoms with Gasteiger partial charge in [-0.15, -0.1) is 0 Å². The number of aromatic hydroxyl groups is 1. The molecule has 0 fully saturated rings. The molecule has 2 rings (SSSR count). The SMILES string of the molecule is Cc1ccc(O)c(CNc2ccccc2I)c1. The maximum atomic E-state index is 9.74. The van der Waals surface area contributed by atoms with Crippen molar-refractivity contribution in [3.05, 3.63) is 57.2 Å². The van der Waals surface area contributed by atoms with Crippen LogP contribution in [0.2, 0.25) is 0 Å². The van der Waals surface area contributed by atoms with Crippen molar-refractivity contribution >= 4 is 28.3 Å². The average molecular weight is 339 g/mol. The summed E-state index contributed by atoms with van der Waals surface area (Å²) in [6, 6.07) is 13.7. The zero-order valence-corrected chi connectivity index (χ0v) is 11.7. The smallest absolute Gasteiger partial charge is 0.120 e. The molecule has 0 aliphatic carbocycles. The summed E-state index contributed by atoms with van der Waals surface area (Å²) in [6.45, 7) is 2.66. The molecule has 88 valence electrons. The third kappa shape index (κ3) is 3.12. The van der Waals surface area contributed by atoms with Gasteiger partial charge in [0.1, 0.15) is 5.75 Å². The van der Waals surface area contributed by atoms with E-state index in [-0.39, 0.29) is 0 Å². The molecule has 0 spiro atoms. The molecule has 0 aromatic heterocycles. The van der Waals surface area contributed by atoms with Crippen LogP contribution in [0.25, 0.3) is 0 Å². The number of phenols is 1. The van der Waals surface area contributed by atoms with Crippen molar-refractivity contribution in [2.24, 2.45) is 0 Å². The summed E-state index contributed by atoms with van der Waals surface area (Å²) in [5.74, 6) is 0.342. The molecule has 0 radical (unpaired) electrons. The first-order valence-corrected chi connectivity index (χ1v) is 6.51. The third-order valence-corrected chi connectivity index (χ3v) is 3.52. The largest absolute Gasteiger partial charge is 0.508 e. The fourth-order valence-corrected chi connectivity index (χ4v) is 2.23. The summed E-state index contributed by atoms with van der Waals surface area (Å²) in [5.41, 5.74) is 3.17. The lowest BCUT2D eigenvalue weighted by Gasteiger charge is -2.10. The second kappa shape index (κ2) is 5.40. The number of hydrogen-bond acceptors (Lipinski definition) is 2. The highest BCUT2D eigenvalue weighted by Crippen LogP contribution is 2.22. The lowest BCUT2D eigenvalue weighted by Crippen LogP contribution is -2.01. The Bertz CT molecular complexity index is 525. The lowest BCUT2D eigenvalue weighted by molar-refractivity contribution is 0.469. The van der Waals surface area contributed by atoms with Gasteiger partial charge in [-0.2, -0.15) is 0 Å². The molecule has 17 heavy (non-hydrogen) atoms. The van der Waals surface area contributed by atoms with Crippen LogP contribution in [0.5, 0.6) is 5.75 Å². The van der Waals surface area contributed by atoms with Gasteiger partial charge in [-0.25, -0.2) is 0 Å². The fraction of sp³-hybridized carbons (Fsp3) is 0.143. The highest BCUT2D eigenvalue weighted by molar-refractivity contribution is 14.1. The topological polar surface area (TPSA) is 32.3 Å². The van der Waals surface area contributed by atoms with Crippen LogP contribution < -0.4 is 5.32 Å². The van der Waals surface area contributed by atoms with Crippen LogP contribution in [-0.2, 0) is 6.54 Å². The molecule has 0 aliphatic heterocycles. The predicted octanol–water partition coefficient (Wildman–Crippen LogP) is 3.92. The van der Waals surface area contributed by atoms with Gasteiger partial charge < -0.3 is 10.4 Å². The number of para-hydroxylation sites is 1. The maximum absolute atomic E-state index is 9.74. The van der Waals surface area contributed by atoms with Crippen molar-refractivity contribution in [2.45, 2.75) is 13.5 Å². The van der Waals surface area contributed by atoms with Gasteiger partial charge in [0.25, 0.3) is 0 Å². The van der Waals surface area contributed by atoms with Gasteiger partial charge in [0.15, 0.2) is 0 Å². The molecule has 2 nitrogen and oxygen atoms in total. The van der Waals surface area contributed by atoms with Crippen molar-refractivity contribution in [3.63, 3.8) is 0 Å². The minimum absolute atomic E-state index is 0.342. The Labute approximate surface area is 115 Å². The molecule has 0 saturated heterocycles. The molecule has 0 saturated carbocycles. The number of benzene rings is 2. The average Bonchev–Trinajstić information content (AvgIpc) is 2.32. The van der Waals surface area contributed by atoms with E-state index < -0.39 is 0 Å². The molecule has 0 unspecified atom stereocenters. The van der Waals surface area contributed by atoms with Crippen LogP contribution in [0.1, 0.15) is 11.1 Å². The van der Waals surface area contributed by atoms with E-state index in [1.54, 1.807) is 6.07 Å². The van der Waals surface area contributed by atoms with Crippen molar-refractivity contribution < 1.29 is 5.11 Å². The standard InChI is InChI=1S/C14H14INO/c1-10-6-7-14(17)11(8-10)9-16-13-5-3-2-4-12(13)15/h2-8,16-17H,9H2,1H3. The summed E-state index contributed by atoms with van der Waals surface area (Å²) in [5, 5.41) is 13.1. The van der Waals surface area contributed by atoms with Crippen molar-refractivity contribution in [2.75, 3.05) is 5.32 Å². The molecule has 2 aromatic rings. The second-order valence-corrected chi connectivity index (χ2v) is 5.13. The summed E-state index contributed by atoms with van der Waals surface area (Å²) in [6.07, 6.45) is 0. The van der Waals surface area contributed by atoms with Crippen LogP contribution in [0.3, 0.4) is 0 Å². The zero-order valence-electron chi connectivity index (χ0n) is 9.57. The summed E-state index contributed by atoms with van der Waals surface area (Å²) >= 11 is 2.29. The maximum Gasteiger partial charge on any atom is 0.120 e. The number of aryl methyl sites for hydroxylation is 1. The van der Waals surface area contributed by atoms with E-state index >= 15 is 0 Å². The number of nitrogens with one attached hydrogen (secondary N) is 1. The molecule has 2 aromatic carbocycles. The number of halogens is 1. The molecule has 0 bridgehead atoms. The number of phenolic OH excluding ortho intramolecular Hbond substituents is 1. The summed E-state index contributed by atoms with van der Waals surface area (Å²) in [4.78, 5) is 0. The quantitative estimate of drug-likeness (QED) is 0.831. The van der Waals surface area contributed by atoms with E-state index in [1.165, 1.54) is 3.57 Å². The minimum atomic E-state index is 0.342. The van der Waals surface area contributed by atoms with E-state index in [0.717, 1.165) is 16.8 Å². The Balaban J connectivity index is 2.12. The Hall–Kier alpha value is -1.23. The molecule has 0 amide bonds. The zero-order chi connectivity index (χ0) is 12.3. The van der Waals surface area contributed by atoms with Gasteiger partial charge in [-0.1, -0.05) is 29.8 Å².